The van der Waals surface area contributed by atoms with E-state index < -0.39 is 0 Å². The van der Waals surface area contributed by atoms with Gasteiger partial charge in [-0.2, -0.15) is 0 Å². The van der Waals surface area contributed by atoms with Crippen molar-refractivity contribution in [3.05, 3.63) is 28.0 Å². The minimum Gasteiger partial charge on any atom is -0.442 e. The van der Waals surface area contributed by atoms with Crippen LogP contribution in [0.15, 0.2) is 15.5 Å². The molecule has 1 amide bonds. The first kappa shape index (κ1) is 16.7. The molecule has 24 heavy (non-hydrogen) atoms. The van der Waals surface area contributed by atoms with Crippen molar-refractivity contribution in [1.29, 1.82) is 0 Å². The number of ether oxygens (including phenoxy) is 1. The molecule has 0 bridgehead atoms. The van der Waals surface area contributed by atoms with Crippen molar-refractivity contribution in [2.45, 2.75) is 51.6 Å². The van der Waals surface area contributed by atoms with Crippen molar-refractivity contribution < 1.29 is 13.9 Å². The number of H-pyrrole nitrogens is 1. The molecule has 3 rings (SSSR count). The molecule has 1 saturated carbocycles. The molecular formula is C17H23N3O4. The van der Waals surface area contributed by atoms with Gasteiger partial charge in [0, 0.05) is 13.2 Å². The fourth-order valence-corrected chi connectivity index (χ4v) is 3.17. The van der Waals surface area contributed by atoms with Gasteiger partial charge in [0.15, 0.2) is 0 Å². The van der Waals surface area contributed by atoms with Crippen LogP contribution in [0.2, 0.25) is 0 Å². The molecular weight excluding hydrogens is 310 g/mol. The van der Waals surface area contributed by atoms with E-state index in [1.54, 1.807) is 6.92 Å². The summed E-state index contributed by atoms with van der Waals surface area (Å²) in [5.74, 6) is 0.0765. The largest absolute Gasteiger partial charge is 0.442 e. The Bertz CT molecular complexity index is 759. The predicted molar refractivity (Wildman–Crippen MR) is 89.1 cm³/mol. The zero-order chi connectivity index (χ0) is 16.9. The number of fused-ring (bicyclic) bond motifs is 1. The number of aromatic nitrogens is 2. The topological polar surface area (TPSA) is 97.2 Å². The van der Waals surface area contributed by atoms with Gasteiger partial charge >= 0.3 is 0 Å². The van der Waals surface area contributed by atoms with Crippen molar-refractivity contribution in [3.8, 4) is 0 Å². The van der Waals surface area contributed by atoms with E-state index in [-0.39, 0.29) is 28.1 Å². The number of hydrogen-bond donors (Lipinski definition) is 2. The first-order valence-corrected chi connectivity index (χ1v) is 8.53. The zero-order valence-corrected chi connectivity index (χ0v) is 13.9. The molecule has 2 heterocycles. The minimum absolute atomic E-state index is 0.182. The first-order valence-electron chi connectivity index (χ1n) is 8.53. The number of nitrogens with zero attached hydrogens (tertiary/aromatic N) is 1. The average Bonchev–Trinajstić information content (AvgIpc) is 2.93. The van der Waals surface area contributed by atoms with Gasteiger partial charge in [-0.05, 0) is 26.2 Å². The number of hydrogen-bond acceptors (Lipinski definition) is 5. The molecule has 130 valence electrons. The Morgan fingerprint density at radius 3 is 3.00 bits per heavy atom. The van der Waals surface area contributed by atoms with E-state index >= 15 is 0 Å². The number of aromatic amines is 1. The number of rotatable bonds is 6. The standard InChI is InChI=1S/C17H23N3O4/c1-11-13(14-16(22)19-10-20-17(14)24-11)15(21)18-8-5-9-23-12-6-3-2-4-7-12/h10,12H,2-9H2,1H3,(H,18,21)(H,19,20,22). The first-order chi connectivity index (χ1) is 11.7. The van der Waals surface area contributed by atoms with Gasteiger partial charge in [0.1, 0.15) is 11.1 Å². The minimum atomic E-state index is -0.373. The van der Waals surface area contributed by atoms with Crippen LogP contribution in [0.5, 0.6) is 0 Å². The molecule has 7 nitrogen and oxygen atoms in total. The lowest BCUT2D eigenvalue weighted by molar-refractivity contribution is 0.0273. The van der Waals surface area contributed by atoms with E-state index in [1.165, 1.54) is 25.6 Å². The molecule has 0 spiro atoms. The molecule has 0 aliphatic heterocycles. The maximum atomic E-state index is 12.4. The maximum Gasteiger partial charge on any atom is 0.262 e. The Morgan fingerprint density at radius 2 is 2.21 bits per heavy atom. The van der Waals surface area contributed by atoms with Crippen LogP contribution in [-0.4, -0.2) is 35.1 Å². The van der Waals surface area contributed by atoms with Gasteiger partial charge in [-0.25, -0.2) is 4.98 Å². The molecule has 1 aliphatic carbocycles. The van der Waals surface area contributed by atoms with Gasteiger partial charge in [0.2, 0.25) is 5.71 Å². The van der Waals surface area contributed by atoms with Gasteiger partial charge in [-0.3, -0.25) is 9.59 Å². The number of carbonyl (C=O) groups excluding carboxylic acids is 1. The van der Waals surface area contributed by atoms with Gasteiger partial charge in [0.05, 0.1) is 18.0 Å². The van der Waals surface area contributed by atoms with Crippen LogP contribution < -0.4 is 10.9 Å². The maximum absolute atomic E-state index is 12.4. The highest BCUT2D eigenvalue weighted by atomic mass is 16.5. The van der Waals surface area contributed by atoms with E-state index in [0.717, 1.165) is 19.3 Å². The number of aryl methyl sites for hydroxylation is 1. The summed E-state index contributed by atoms with van der Waals surface area (Å²) in [6.45, 7) is 2.79. The summed E-state index contributed by atoms with van der Waals surface area (Å²) in [5, 5.41) is 3.02. The summed E-state index contributed by atoms with van der Waals surface area (Å²) in [6, 6.07) is 0. The van der Waals surface area contributed by atoms with Crippen LogP contribution in [0, 0.1) is 6.92 Å². The molecule has 1 fully saturated rings. The van der Waals surface area contributed by atoms with E-state index in [0.29, 0.717) is 25.0 Å². The van der Waals surface area contributed by atoms with Gasteiger partial charge in [-0.1, -0.05) is 19.3 Å². The number of amides is 1. The second-order valence-corrected chi connectivity index (χ2v) is 6.19. The third-order valence-electron chi connectivity index (χ3n) is 4.41. The molecule has 0 atom stereocenters. The summed E-state index contributed by atoms with van der Waals surface area (Å²) < 4.78 is 11.2. The SMILES string of the molecule is Cc1oc2nc[nH]c(=O)c2c1C(=O)NCCCOC1CCCCC1. The highest BCUT2D eigenvalue weighted by Gasteiger charge is 2.21. The highest BCUT2D eigenvalue weighted by molar-refractivity contribution is 6.06. The fourth-order valence-electron chi connectivity index (χ4n) is 3.17. The Kier molecular flexibility index (Phi) is 5.30. The third kappa shape index (κ3) is 3.67. The second-order valence-electron chi connectivity index (χ2n) is 6.19. The van der Waals surface area contributed by atoms with Gasteiger partial charge in [-0.15, -0.1) is 0 Å². The zero-order valence-electron chi connectivity index (χ0n) is 13.9. The summed E-state index contributed by atoms with van der Waals surface area (Å²) >= 11 is 0. The molecule has 1 aliphatic rings. The second kappa shape index (κ2) is 7.61. The summed E-state index contributed by atoms with van der Waals surface area (Å²) in [6.07, 6.45) is 8.46. The average molecular weight is 333 g/mol. The molecule has 0 saturated heterocycles. The molecule has 2 aromatic rings. The van der Waals surface area contributed by atoms with Crippen LogP contribution in [-0.2, 0) is 4.74 Å². The molecule has 0 aromatic carbocycles. The number of furan rings is 1. The summed E-state index contributed by atoms with van der Waals surface area (Å²) in [7, 11) is 0. The van der Waals surface area contributed by atoms with Crippen LogP contribution in [0.4, 0.5) is 0 Å². The predicted octanol–water partition coefficient (Wildman–Crippen LogP) is 2.29. The highest BCUT2D eigenvalue weighted by Crippen LogP contribution is 2.21. The Hall–Kier alpha value is -2.15. The van der Waals surface area contributed by atoms with E-state index in [1.807, 2.05) is 0 Å². The van der Waals surface area contributed by atoms with Crippen LogP contribution in [0.3, 0.4) is 0 Å². The monoisotopic (exact) mass is 333 g/mol. The lowest BCUT2D eigenvalue weighted by Crippen LogP contribution is -2.27. The third-order valence-corrected chi connectivity index (χ3v) is 4.41. The van der Waals surface area contributed by atoms with Crippen molar-refractivity contribution in [1.82, 2.24) is 15.3 Å². The molecule has 7 heteroatoms. The van der Waals surface area contributed by atoms with E-state index in [2.05, 4.69) is 15.3 Å². The molecule has 0 unspecified atom stereocenters. The van der Waals surface area contributed by atoms with Gasteiger partial charge in [0.25, 0.3) is 11.5 Å². The van der Waals surface area contributed by atoms with Crippen molar-refractivity contribution >= 4 is 17.0 Å². The smallest absolute Gasteiger partial charge is 0.262 e. The van der Waals surface area contributed by atoms with Crippen molar-refractivity contribution in [2.75, 3.05) is 13.2 Å². The summed E-state index contributed by atoms with van der Waals surface area (Å²) in [5.41, 5.74) is 0.0669. The number of nitrogens with one attached hydrogen (secondary N) is 2. The fraction of sp³-hybridized carbons (Fsp3) is 0.588. The Labute approximate surface area is 139 Å². The lowest BCUT2D eigenvalue weighted by atomic mass is 9.98. The molecule has 2 N–H and O–H groups in total. The normalized spacial score (nSPS) is 15.7. The molecule has 0 radical (unpaired) electrons. The van der Waals surface area contributed by atoms with Crippen LogP contribution in [0.25, 0.3) is 11.1 Å². The van der Waals surface area contributed by atoms with Crippen molar-refractivity contribution in [3.63, 3.8) is 0 Å². The quantitative estimate of drug-likeness (QED) is 0.791. The summed E-state index contributed by atoms with van der Waals surface area (Å²) in [4.78, 5) is 30.7. The van der Waals surface area contributed by atoms with Crippen molar-refractivity contribution in [2.24, 2.45) is 0 Å². The van der Waals surface area contributed by atoms with E-state index in [9.17, 15) is 9.59 Å². The Morgan fingerprint density at radius 1 is 1.42 bits per heavy atom. The van der Waals surface area contributed by atoms with Crippen LogP contribution in [0.1, 0.15) is 54.6 Å². The van der Waals surface area contributed by atoms with E-state index in [4.69, 9.17) is 9.15 Å². The van der Waals surface area contributed by atoms with Crippen LogP contribution >= 0.6 is 0 Å². The lowest BCUT2D eigenvalue weighted by Gasteiger charge is -2.21. The number of carbonyl (C=O) groups is 1. The molecule has 2 aromatic heterocycles. The van der Waals surface area contributed by atoms with Gasteiger partial charge < -0.3 is 19.5 Å². The Balaban J connectivity index is 1.52.